The molecule has 2 atom stereocenters. The van der Waals surface area contributed by atoms with Crippen molar-refractivity contribution in [1.82, 2.24) is 4.90 Å². The topological polar surface area (TPSA) is 47.7 Å². The van der Waals surface area contributed by atoms with Crippen molar-refractivity contribution in [2.24, 2.45) is 11.7 Å². The van der Waals surface area contributed by atoms with Crippen LogP contribution in [0.5, 0.6) is 0 Å². The molecular formula is C13H26N2O2. The van der Waals surface area contributed by atoms with E-state index in [-0.39, 0.29) is 5.54 Å². The van der Waals surface area contributed by atoms with Gasteiger partial charge in [-0.25, -0.2) is 0 Å². The summed E-state index contributed by atoms with van der Waals surface area (Å²) in [6, 6.07) is 0.503. The average molecular weight is 242 g/mol. The van der Waals surface area contributed by atoms with Crippen LogP contribution in [0.25, 0.3) is 0 Å². The summed E-state index contributed by atoms with van der Waals surface area (Å²) in [4.78, 5) is 2.58. The molecule has 4 nitrogen and oxygen atoms in total. The van der Waals surface area contributed by atoms with E-state index in [2.05, 4.69) is 11.8 Å². The quantitative estimate of drug-likeness (QED) is 0.750. The molecule has 0 aromatic rings. The van der Waals surface area contributed by atoms with Crippen LogP contribution in [-0.4, -0.2) is 56.5 Å². The zero-order chi connectivity index (χ0) is 12.3. The molecule has 1 saturated carbocycles. The number of morpholine rings is 1. The lowest BCUT2D eigenvalue weighted by Gasteiger charge is -2.49. The molecule has 2 fully saturated rings. The minimum Gasteiger partial charge on any atom is -0.383 e. The van der Waals surface area contributed by atoms with Gasteiger partial charge >= 0.3 is 0 Å². The summed E-state index contributed by atoms with van der Waals surface area (Å²) in [5.74, 6) is 0.722. The smallest absolute Gasteiger partial charge is 0.0661 e. The molecule has 100 valence electrons. The third kappa shape index (κ3) is 2.50. The van der Waals surface area contributed by atoms with E-state index in [9.17, 15) is 0 Å². The van der Waals surface area contributed by atoms with Crippen LogP contribution in [-0.2, 0) is 9.47 Å². The summed E-state index contributed by atoms with van der Waals surface area (Å²) in [6.07, 6.45) is 3.72. The Bertz CT molecular complexity index is 246. The van der Waals surface area contributed by atoms with Gasteiger partial charge in [0, 0.05) is 26.2 Å². The van der Waals surface area contributed by atoms with Gasteiger partial charge in [-0.3, -0.25) is 4.90 Å². The van der Waals surface area contributed by atoms with E-state index in [1.165, 1.54) is 12.8 Å². The molecule has 2 N–H and O–H groups in total. The summed E-state index contributed by atoms with van der Waals surface area (Å²) in [5, 5.41) is 0. The maximum absolute atomic E-state index is 6.12. The molecule has 0 spiro atoms. The number of hydrogen-bond donors (Lipinski definition) is 1. The lowest BCUT2D eigenvalue weighted by Crippen LogP contribution is -2.65. The lowest BCUT2D eigenvalue weighted by atomic mass is 9.89. The SMILES string of the molecule is CCC1COCCN1C(CN)(COC)C1CC1. The van der Waals surface area contributed by atoms with Gasteiger partial charge in [0.15, 0.2) is 0 Å². The first-order chi connectivity index (χ1) is 8.28. The Labute approximate surface area is 104 Å². The first kappa shape index (κ1) is 13.3. The zero-order valence-corrected chi connectivity index (χ0v) is 11.2. The highest BCUT2D eigenvalue weighted by Crippen LogP contribution is 2.44. The highest BCUT2D eigenvalue weighted by atomic mass is 16.5. The van der Waals surface area contributed by atoms with Crippen molar-refractivity contribution >= 4 is 0 Å². The first-order valence-electron chi connectivity index (χ1n) is 6.82. The number of nitrogens with zero attached hydrogens (tertiary/aromatic N) is 1. The third-order valence-electron chi connectivity index (χ3n) is 4.36. The van der Waals surface area contributed by atoms with Gasteiger partial charge in [-0.1, -0.05) is 6.92 Å². The summed E-state index contributed by atoms with van der Waals surface area (Å²) < 4.78 is 11.1. The van der Waals surface area contributed by atoms with Crippen LogP contribution in [0, 0.1) is 5.92 Å². The lowest BCUT2D eigenvalue weighted by molar-refractivity contribution is -0.0939. The molecule has 0 aromatic heterocycles. The standard InChI is InChI=1S/C13H26N2O2/c1-3-12-8-17-7-6-15(12)13(9-14,10-16-2)11-4-5-11/h11-12H,3-10,14H2,1-2H3. The molecule has 1 heterocycles. The molecule has 1 saturated heterocycles. The van der Waals surface area contributed by atoms with E-state index >= 15 is 0 Å². The Balaban J connectivity index is 2.17. The van der Waals surface area contributed by atoms with E-state index < -0.39 is 0 Å². The van der Waals surface area contributed by atoms with Crippen LogP contribution in [0.1, 0.15) is 26.2 Å². The maximum atomic E-state index is 6.12. The van der Waals surface area contributed by atoms with Crippen LogP contribution >= 0.6 is 0 Å². The molecule has 0 aromatic carbocycles. The second-order valence-corrected chi connectivity index (χ2v) is 5.35. The molecule has 0 amide bonds. The van der Waals surface area contributed by atoms with E-state index in [4.69, 9.17) is 15.2 Å². The van der Waals surface area contributed by atoms with Crippen LogP contribution in [0.15, 0.2) is 0 Å². The summed E-state index contributed by atoms with van der Waals surface area (Å²) in [5.41, 5.74) is 6.17. The Morgan fingerprint density at radius 1 is 1.47 bits per heavy atom. The van der Waals surface area contributed by atoms with Crippen LogP contribution in [0.3, 0.4) is 0 Å². The zero-order valence-electron chi connectivity index (χ0n) is 11.2. The molecular weight excluding hydrogens is 216 g/mol. The normalized spacial score (nSPS) is 30.2. The van der Waals surface area contributed by atoms with Crippen molar-refractivity contribution in [3.8, 4) is 0 Å². The Morgan fingerprint density at radius 3 is 2.76 bits per heavy atom. The largest absolute Gasteiger partial charge is 0.383 e. The number of hydrogen-bond acceptors (Lipinski definition) is 4. The van der Waals surface area contributed by atoms with Crippen molar-refractivity contribution in [3.63, 3.8) is 0 Å². The molecule has 17 heavy (non-hydrogen) atoms. The summed E-state index contributed by atoms with van der Waals surface area (Å²) in [6.45, 7) is 6.35. The number of methoxy groups -OCH3 is 1. The maximum Gasteiger partial charge on any atom is 0.0661 e. The second-order valence-electron chi connectivity index (χ2n) is 5.35. The molecule has 2 rings (SSSR count). The van der Waals surface area contributed by atoms with Crippen LogP contribution in [0.2, 0.25) is 0 Å². The average Bonchev–Trinajstić information content (AvgIpc) is 3.21. The number of rotatable bonds is 6. The minimum absolute atomic E-state index is 0.0548. The summed E-state index contributed by atoms with van der Waals surface area (Å²) in [7, 11) is 1.79. The van der Waals surface area contributed by atoms with Gasteiger partial charge in [0.1, 0.15) is 0 Å². The molecule has 2 aliphatic rings. The van der Waals surface area contributed by atoms with Gasteiger partial charge in [0.25, 0.3) is 0 Å². The van der Waals surface area contributed by atoms with Crippen molar-refractivity contribution in [2.45, 2.75) is 37.8 Å². The van der Waals surface area contributed by atoms with E-state index in [1.807, 2.05) is 0 Å². The molecule has 1 aliphatic carbocycles. The molecule has 2 unspecified atom stereocenters. The molecule has 0 bridgehead atoms. The molecule has 4 heteroatoms. The monoisotopic (exact) mass is 242 g/mol. The highest BCUT2D eigenvalue weighted by molar-refractivity contribution is 5.05. The van der Waals surface area contributed by atoms with Gasteiger partial charge in [0.2, 0.25) is 0 Å². The fraction of sp³-hybridized carbons (Fsp3) is 1.00. The van der Waals surface area contributed by atoms with Gasteiger partial charge in [0.05, 0.1) is 25.4 Å². The Kier molecular flexibility index (Phi) is 4.42. The van der Waals surface area contributed by atoms with Crippen LogP contribution < -0.4 is 5.73 Å². The first-order valence-corrected chi connectivity index (χ1v) is 6.82. The fourth-order valence-electron chi connectivity index (χ4n) is 3.23. The van der Waals surface area contributed by atoms with Crippen molar-refractivity contribution in [2.75, 3.05) is 40.0 Å². The summed E-state index contributed by atoms with van der Waals surface area (Å²) >= 11 is 0. The molecule has 0 radical (unpaired) electrons. The van der Waals surface area contributed by atoms with Crippen molar-refractivity contribution in [1.29, 1.82) is 0 Å². The Morgan fingerprint density at radius 2 is 2.24 bits per heavy atom. The predicted octanol–water partition coefficient (Wildman–Crippen LogP) is 0.851. The highest BCUT2D eigenvalue weighted by Gasteiger charge is 2.50. The van der Waals surface area contributed by atoms with E-state index in [1.54, 1.807) is 7.11 Å². The van der Waals surface area contributed by atoms with Gasteiger partial charge in [-0.05, 0) is 25.2 Å². The predicted molar refractivity (Wildman–Crippen MR) is 68.0 cm³/mol. The fourth-order valence-corrected chi connectivity index (χ4v) is 3.23. The van der Waals surface area contributed by atoms with E-state index in [0.29, 0.717) is 12.6 Å². The van der Waals surface area contributed by atoms with Gasteiger partial charge in [-0.2, -0.15) is 0 Å². The van der Waals surface area contributed by atoms with Crippen molar-refractivity contribution in [3.05, 3.63) is 0 Å². The van der Waals surface area contributed by atoms with E-state index in [0.717, 1.165) is 38.7 Å². The third-order valence-corrected chi connectivity index (χ3v) is 4.36. The number of nitrogens with two attached hydrogens (primary N) is 1. The number of ether oxygens (including phenoxy) is 2. The van der Waals surface area contributed by atoms with Gasteiger partial charge in [-0.15, -0.1) is 0 Å². The molecule has 1 aliphatic heterocycles. The van der Waals surface area contributed by atoms with Crippen LogP contribution in [0.4, 0.5) is 0 Å². The second kappa shape index (κ2) is 5.65. The van der Waals surface area contributed by atoms with Gasteiger partial charge < -0.3 is 15.2 Å². The van der Waals surface area contributed by atoms with Crippen molar-refractivity contribution < 1.29 is 9.47 Å². The minimum atomic E-state index is 0.0548. The Hall–Kier alpha value is -0.160.